The quantitative estimate of drug-likeness (QED) is 0.945. The molecular formula is C16H19ClN4O. The van der Waals surface area contributed by atoms with Crippen molar-refractivity contribution in [3.8, 4) is 0 Å². The van der Waals surface area contributed by atoms with Crippen molar-refractivity contribution in [2.45, 2.75) is 31.8 Å². The van der Waals surface area contributed by atoms with E-state index < -0.39 is 0 Å². The van der Waals surface area contributed by atoms with Crippen LogP contribution in [0.4, 0.5) is 5.69 Å². The second-order valence-corrected chi connectivity index (χ2v) is 6.17. The van der Waals surface area contributed by atoms with E-state index >= 15 is 0 Å². The van der Waals surface area contributed by atoms with Crippen molar-refractivity contribution in [1.29, 1.82) is 0 Å². The van der Waals surface area contributed by atoms with Crippen molar-refractivity contribution >= 4 is 23.2 Å². The minimum absolute atomic E-state index is 0.197. The predicted octanol–water partition coefficient (Wildman–Crippen LogP) is 2.44. The molecule has 22 heavy (non-hydrogen) atoms. The molecular weight excluding hydrogens is 300 g/mol. The Hall–Kier alpha value is -2.01. The highest BCUT2D eigenvalue weighted by Gasteiger charge is 2.33. The lowest BCUT2D eigenvalue weighted by atomic mass is 9.85. The Bertz CT molecular complexity index is 712. The number of hydrogen-bond donors (Lipinski definition) is 1. The zero-order valence-corrected chi connectivity index (χ0v) is 13.4. The summed E-state index contributed by atoms with van der Waals surface area (Å²) in [5, 5.41) is 0.614. The van der Waals surface area contributed by atoms with Gasteiger partial charge in [-0.3, -0.25) is 4.79 Å². The molecule has 0 aliphatic carbocycles. The minimum Gasteiger partial charge on any atom is -0.369 e. The zero-order valence-electron chi connectivity index (χ0n) is 12.7. The molecule has 2 atom stereocenters. The van der Waals surface area contributed by atoms with Crippen LogP contribution >= 0.6 is 11.6 Å². The lowest BCUT2D eigenvalue weighted by Crippen LogP contribution is -2.41. The van der Waals surface area contributed by atoms with Gasteiger partial charge in [0.15, 0.2) is 0 Å². The smallest absolute Gasteiger partial charge is 0.225 e. The number of nitrogens with two attached hydrogens (primary N) is 1. The van der Waals surface area contributed by atoms with E-state index in [1.54, 1.807) is 6.20 Å². The number of halogens is 1. The molecule has 1 aliphatic rings. The van der Waals surface area contributed by atoms with Gasteiger partial charge in [0.05, 0.1) is 18.7 Å². The largest absolute Gasteiger partial charge is 0.369 e. The fraction of sp³-hybridized carbons (Fsp3) is 0.375. The molecule has 2 heterocycles. The normalized spacial score (nSPS) is 20.8. The summed E-state index contributed by atoms with van der Waals surface area (Å²) in [5.74, 6) is 0.399. The van der Waals surface area contributed by atoms with Crippen LogP contribution in [0.25, 0.3) is 0 Å². The van der Waals surface area contributed by atoms with Crippen LogP contribution in [0.1, 0.15) is 30.7 Å². The van der Waals surface area contributed by atoms with Crippen molar-refractivity contribution in [2.24, 2.45) is 12.8 Å². The molecule has 0 fully saturated rings. The van der Waals surface area contributed by atoms with E-state index in [0.29, 0.717) is 18.1 Å². The van der Waals surface area contributed by atoms with Crippen LogP contribution in [0.2, 0.25) is 5.15 Å². The Morgan fingerprint density at radius 1 is 1.45 bits per heavy atom. The first kappa shape index (κ1) is 14.9. The summed E-state index contributed by atoms with van der Waals surface area (Å²) in [6, 6.07) is 8.14. The monoisotopic (exact) mass is 318 g/mol. The highest BCUT2D eigenvalue weighted by molar-refractivity contribution is 6.29. The van der Waals surface area contributed by atoms with Gasteiger partial charge in [0.2, 0.25) is 5.91 Å². The van der Waals surface area contributed by atoms with Crippen LogP contribution < -0.4 is 10.6 Å². The molecule has 1 aliphatic heterocycles. The van der Waals surface area contributed by atoms with Crippen molar-refractivity contribution in [3.05, 3.63) is 47.0 Å². The SMILES string of the molecule is C[C@@H]1C[C@@H](C(N)=O)c2ccccc2N1Cc1ncc(Cl)n1C. The molecule has 2 aromatic rings. The summed E-state index contributed by atoms with van der Waals surface area (Å²) in [5.41, 5.74) is 7.62. The standard InChI is InChI=1S/C16H19ClN4O/c1-10-7-12(16(18)22)11-5-3-4-6-13(11)21(10)9-15-19-8-14(17)20(15)2/h3-6,8,10,12H,7,9H2,1-2H3,(H2,18,22)/t10-,12-/m1/s1. The van der Waals surface area contributed by atoms with Crippen molar-refractivity contribution in [3.63, 3.8) is 0 Å². The Balaban J connectivity index is 1.99. The van der Waals surface area contributed by atoms with E-state index in [2.05, 4.69) is 16.8 Å². The highest BCUT2D eigenvalue weighted by atomic mass is 35.5. The van der Waals surface area contributed by atoms with Gasteiger partial charge in [0.1, 0.15) is 11.0 Å². The second kappa shape index (κ2) is 5.65. The first-order valence-corrected chi connectivity index (χ1v) is 7.67. The highest BCUT2D eigenvalue weighted by Crippen LogP contribution is 2.38. The summed E-state index contributed by atoms with van der Waals surface area (Å²) in [4.78, 5) is 18.4. The van der Waals surface area contributed by atoms with Crippen LogP contribution in [0, 0.1) is 0 Å². The lowest BCUT2D eigenvalue weighted by Gasteiger charge is -2.39. The minimum atomic E-state index is -0.265. The Morgan fingerprint density at radius 2 is 2.18 bits per heavy atom. The third-order valence-electron chi connectivity index (χ3n) is 4.41. The number of nitrogens with zero attached hydrogens (tertiary/aromatic N) is 3. The number of imidazole rings is 1. The summed E-state index contributed by atoms with van der Waals surface area (Å²) < 4.78 is 1.87. The molecule has 6 heteroatoms. The van der Waals surface area contributed by atoms with Crippen LogP contribution in [0.5, 0.6) is 0 Å². The number of amides is 1. The maximum Gasteiger partial charge on any atom is 0.225 e. The Morgan fingerprint density at radius 3 is 2.82 bits per heavy atom. The fourth-order valence-electron chi connectivity index (χ4n) is 3.11. The average Bonchev–Trinajstić information content (AvgIpc) is 2.81. The molecule has 5 nitrogen and oxygen atoms in total. The molecule has 0 spiro atoms. The van der Waals surface area contributed by atoms with Gasteiger partial charge in [-0.05, 0) is 25.0 Å². The number of carbonyl (C=O) groups excluding carboxylic acids is 1. The molecule has 3 rings (SSSR count). The number of benzene rings is 1. The van der Waals surface area contributed by atoms with Gasteiger partial charge in [0, 0.05) is 18.8 Å². The summed E-state index contributed by atoms with van der Waals surface area (Å²) >= 11 is 6.07. The fourth-order valence-corrected chi connectivity index (χ4v) is 3.26. The molecule has 0 bridgehead atoms. The van der Waals surface area contributed by atoms with E-state index in [0.717, 1.165) is 17.1 Å². The molecule has 1 amide bonds. The number of hydrogen-bond acceptors (Lipinski definition) is 3. The molecule has 0 unspecified atom stereocenters. The van der Waals surface area contributed by atoms with Crippen molar-refractivity contribution in [2.75, 3.05) is 4.90 Å². The third-order valence-corrected chi connectivity index (χ3v) is 4.76. The number of aromatic nitrogens is 2. The Kier molecular flexibility index (Phi) is 3.83. The number of carbonyl (C=O) groups is 1. The van der Waals surface area contributed by atoms with E-state index in [4.69, 9.17) is 17.3 Å². The average molecular weight is 319 g/mol. The van der Waals surface area contributed by atoms with E-state index in [-0.39, 0.29) is 17.9 Å². The number of primary amides is 1. The molecule has 116 valence electrons. The van der Waals surface area contributed by atoms with E-state index in [1.165, 1.54) is 0 Å². The first-order valence-electron chi connectivity index (χ1n) is 7.30. The predicted molar refractivity (Wildman–Crippen MR) is 86.9 cm³/mol. The number of rotatable bonds is 3. The summed E-state index contributed by atoms with van der Waals surface area (Å²) in [6.45, 7) is 2.75. The zero-order chi connectivity index (χ0) is 15.9. The summed E-state index contributed by atoms with van der Waals surface area (Å²) in [7, 11) is 1.90. The first-order chi connectivity index (χ1) is 10.5. The third kappa shape index (κ3) is 2.46. The van der Waals surface area contributed by atoms with Crippen LogP contribution in [0.15, 0.2) is 30.5 Å². The van der Waals surface area contributed by atoms with Gasteiger partial charge in [-0.15, -0.1) is 0 Å². The lowest BCUT2D eigenvalue weighted by molar-refractivity contribution is -0.119. The van der Waals surface area contributed by atoms with E-state index in [1.807, 2.05) is 35.9 Å². The Labute approximate surface area is 134 Å². The van der Waals surface area contributed by atoms with Crippen LogP contribution in [0.3, 0.4) is 0 Å². The molecule has 0 saturated carbocycles. The summed E-state index contributed by atoms with van der Waals surface area (Å²) in [6.07, 6.45) is 2.37. The topological polar surface area (TPSA) is 64.2 Å². The van der Waals surface area contributed by atoms with Gasteiger partial charge >= 0.3 is 0 Å². The maximum absolute atomic E-state index is 11.8. The van der Waals surface area contributed by atoms with Gasteiger partial charge < -0.3 is 15.2 Å². The molecule has 0 saturated heterocycles. The van der Waals surface area contributed by atoms with Crippen molar-refractivity contribution in [1.82, 2.24) is 9.55 Å². The van der Waals surface area contributed by atoms with Crippen LogP contribution in [-0.2, 0) is 18.4 Å². The van der Waals surface area contributed by atoms with Gasteiger partial charge in [0.25, 0.3) is 0 Å². The molecule has 0 radical (unpaired) electrons. The number of fused-ring (bicyclic) bond motifs is 1. The van der Waals surface area contributed by atoms with Gasteiger partial charge in [-0.25, -0.2) is 4.98 Å². The van der Waals surface area contributed by atoms with Gasteiger partial charge in [-0.2, -0.15) is 0 Å². The van der Waals surface area contributed by atoms with E-state index in [9.17, 15) is 4.79 Å². The molecule has 1 aromatic carbocycles. The van der Waals surface area contributed by atoms with Crippen LogP contribution in [-0.4, -0.2) is 21.5 Å². The number of para-hydroxylation sites is 1. The van der Waals surface area contributed by atoms with Gasteiger partial charge in [-0.1, -0.05) is 29.8 Å². The second-order valence-electron chi connectivity index (χ2n) is 5.78. The maximum atomic E-state index is 11.8. The molecule has 1 aromatic heterocycles. The number of anilines is 1. The van der Waals surface area contributed by atoms with Crippen molar-refractivity contribution < 1.29 is 4.79 Å². The molecule has 2 N–H and O–H groups in total.